The molecule has 3 heterocycles. The first-order chi connectivity index (χ1) is 14.3. The Hall–Kier alpha value is -2.48. The summed E-state index contributed by atoms with van der Waals surface area (Å²) in [5, 5.41) is 3.38. The van der Waals surface area contributed by atoms with Crippen LogP contribution in [0.2, 0.25) is 0 Å². The third-order valence-electron chi connectivity index (χ3n) is 5.68. The molecule has 1 saturated heterocycles. The zero-order valence-corrected chi connectivity index (χ0v) is 16.8. The molecule has 4 rings (SSSR count). The highest BCUT2D eigenvalue weighted by Crippen LogP contribution is 2.35. The number of nitrogens with zero attached hydrogens (tertiary/aromatic N) is 1. The van der Waals surface area contributed by atoms with Crippen molar-refractivity contribution in [2.24, 2.45) is 0 Å². The number of pyridine rings is 1. The molecule has 2 aliphatic rings. The molecule has 0 bridgehead atoms. The van der Waals surface area contributed by atoms with Gasteiger partial charge in [0.1, 0.15) is 11.6 Å². The standard InChI is InChI=1S/C22H25F3N2O3/c1-14-19(28)11-20(26-12-17-4-2-3-9-29-17)27-8-7-15-10-16(30-13-22(23,24)25)5-6-18(15)21(14)27/h5-6,10-11,17,26H,2-4,7-9,12-13H2,1H3. The molecule has 5 nitrogen and oxygen atoms in total. The summed E-state index contributed by atoms with van der Waals surface area (Å²) in [5.74, 6) is 0.932. The van der Waals surface area contributed by atoms with Crippen molar-refractivity contribution in [1.82, 2.24) is 4.57 Å². The Bertz CT molecular complexity index is 979. The molecule has 1 unspecified atom stereocenters. The van der Waals surface area contributed by atoms with E-state index in [1.807, 2.05) is 0 Å². The number of aryl methyl sites for hydroxylation is 1. The summed E-state index contributed by atoms with van der Waals surface area (Å²) in [6.45, 7) is 2.49. The quantitative estimate of drug-likeness (QED) is 0.781. The number of anilines is 1. The van der Waals surface area contributed by atoms with Gasteiger partial charge in [0.05, 0.1) is 11.8 Å². The van der Waals surface area contributed by atoms with Crippen LogP contribution in [0.1, 0.15) is 30.4 Å². The number of hydrogen-bond donors (Lipinski definition) is 1. The van der Waals surface area contributed by atoms with E-state index in [1.165, 1.54) is 6.07 Å². The number of ether oxygens (including phenoxy) is 2. The molecule has 8 heteroatoms. The van der Waals surface area contributed by atoms with Crippen LogP contribution in [0.25, 0.3) is 11.3 Å². The molecule has 0 amide bonds. The number of hydrogen-bond acceptors (Lipinski definition) is 4. The molecule has 162 valence electrons. The van der Waals surface area contributed by atoms with Crippen molar-refractivity contribution in [1.29, 1.82) is 0 Å². The number of aromatic nitrogens is 1. The highest BCUT2D eigenvalue weighted by molar-refractivity contribution is 5.72. The smallest absolute Gasteiger partial charge is 0.422 e. The van der Waals surface area contributed by atoms with Crippen LogP contribution in [0.4, 0.5) is 19.0 Å². The Labute approximate surface area is 172 Å². The topological polar surface area (TPSA) is 52.5 Å². The fourth-order valence-electron chi connectivity index (χ4n) is 4.16. The molecule has 2 aliphatic heterocycles. The summed E-state index contributed by atoms with van der Waals surface area (Å²) < 4.78 is 50.1. The first-order valence-corrected chi connectivity index (χ1v) is 10.2. The van der Waals surface area contributed by atoms with Crippen LogP contribution in [-0.4, -0.2) is 36.6 Å². The summed E-state index contributed by atoms with van der Waals surface area (Å²) in [7, 11) is 0. The third kappa shape index (κ3) is 4.48. The average molecular weight is 422 g/mol. The number of rotatable bonds is 5. The van der Waals surface area contributed by atoms with E-state index in [0.717, 1.165) is 48.5 Å². The van der Waals surface area contributed by atoms with Crippen LogP contribution in [-0.2, 0) is 17.7 Å². The monoisotopic (exact) mass is 422 g/mol. The number of nitrogens with one attached hydrogen (secondary N) is 1. The predicted octanol–water partition coefficient (Wildman–Crippen LogP) is 4.30. The van der Waals surface area contributed by atoms with Gasteiger partial charge in [-0.2, -0.15) is 13.2 Å². The fourth-order valence-corrected chi connectivity index (χ4v) is 4.16. The lowest BCUT2D eigenvalue weighted by Crippen LogP contribution is -2.30. The van der Waals surface area contributed by atoms with Gasteiger partial charge >= 0.3 is 6.18 Å². The van der Waals surface area contributed by atoms with Gasteiger partial charge in [-0.25, -0.2) is 0 Å². The van der Waals surface area contributed by atoms with Gasteiger partial charge in [-0.15, -0.1) is 0 Å². The second kappa shape index (κ2) is 8.34. The van der Waals surface area contributed by atoms with Gasteiger partial charge in [-0.05, 0) is 56.4 Å². The second-order valence-corrected chi connectivity index (χ2v) is 7.86. The van der Waals surface area contributed by atoms with E-state index < -0.39 is 12.8 Å². The van der Waals surface area contributed by atoms with Crippen LogP contribution in [0.5, 0.6) is 5.75 Å². The van der Waals surface area contributed by atoms with Crippen LogP contribution in [0, 0.1) is 6.92 Å². The molecule has 0 radical (unpaired) electrons. The van der Waals surface area contributed by atoms with Gasteiger partial charge in [0.15, 0.2) is 12.0 Å². The van der Waals surface area contributed by atoms with Gasteiger partial charge in [0.25, 0.3) is 0 Å². The SMILES string of the molecule is Cc1c2n(c(NCC3CCCCO3)cc1=O)CCc1cc(OCC(F)(F)F)ccc1-2. The largest absolute Gasteiger partial charge is 0.484 e. The molecule has 0 saturated carbocycles. The number of benzene rings is 1. The minimum absolute atomic E-state index is 0.0708. The Morgan fingerprint density at radius 3 is 2.83 bits per heavy atom. The van der Waals surface area contributed by atoms with Crippen molar-refractivity contribution in [2.45, 2.75) is 51.4 Å². The van der Waals surface area contributed by atoms with Gasteiger partial charge in [-0.1, -0.05) is 0 Å². The summed E-state index contributed by atoms with van der Waals surface area (Å²) in [4.78, 5) is 12.6. The first-order valence-electron chi connectivity index (χ1n) is 10.2. The molecular weight excluding hydrogens is 397 g/mol. The summed E-state index contributed by atoms with van der Waals surface area (Å²) in [5.41, 5.74) is 3.09. The van der Waals surface area contributed by atoms with Crippen LogP contribution < -0.4 is 15.5 Å². The van der Waals surface area contributed by atoms with E-state index in [-0.39, 0.29) is 17.3 Å². The normalized spacial score (nSPS) is 18.5. The number of alkyl halides is 3. The lowest BCUT2D eigenvalue weighted by molar-refractivity contribution is -0.153. The van der Waals surface area contributed by atoms with E-state index in [2.05, 4.69) is 9.88 Å². The predicted molar refractivity (Wildman–Crippen MR) is 108 cm³/mol. The molecule has 30 heavy (non-hydrogen) atoms. The molecule has 1 N–H and O–H groups in total. The summed E-state index contributed by atoms with van der Waals surface area (Å²) in [6.07, 6.45) is -0.376. The summed E-state index contributed by atoms with van der Waals surface area (Å²) in [6, 6.07) is 6.53. The van der Waals surface area contributed by atoms with E-state index in [0.29, 0.717) is 25.1 Å². The van der Waals surface area contributed by atoms with Crippen LogP contribution >= 0.6 is 0 Å². The number of fused-ring (bicyclic) bond motifs is 3. The fraction of sp³-hybridized carbons (Fsp3) is 0.500. The zero-order valence-electron chi connectivity index (χ0n) is 16.8. The molecule has 1 fully saturated rings. The van der Waals surface area contributed by atoms with Gasteiger partial charge in [0.2, 0.25) is 0 Å². The van der Waals surface area contributed by atoms with Gasteiger partial charge in [-0.3, -0.25) is 4.79 Å². The Kier molecular flexibility index (Phi) is 5.77. The molecule has 1 aromatic heterocycles. The van der Waals surface area contributed by atoms with Crippen molar-refractivity contribution < 1.29 is 22.6 Å². The maximum atomic E-state index is 12.6. The zero-order chi connectivity index (χ0) is 21.3. The van der Waals surface area contributed by atoms with Crippen molar-refractivity contribution in [2.75, 3.05) is 25.1 Å². The molecular formula is C22H25F3N2O3. The highest BCUT2D eigenvalue weighted by atomic mass is 19.4. The van der Waals surface area contributed by atoms with Crippen molar-refractivity contribution >= 4 is 5.82 Å². The second-order valence-electron chi connectivity index (χ2n) is 7.86. The molecule has 0 aliphatic carbocycles. The Morgan fingerprint density at radius 2 is 2.10 bits per heavy atom. The lowest BCUT2D eigenvalue weighted by atomic mass is 9.94. The Balaban J connectivity index is 1.61. The van der Waals surface area contributed by atoms with E-state index in [4.69, 9.17) is 9.47 Å². The maximum absolute atomic E-state index is 12.6. The lowest BCUT2D eigenvalue weighted by Gasteiger charge is -2.29. The third-order valence-corrected chi connectivity index (χ3v) is 5.68. The first kappa shape index (κ1) is 20.8. The minimum atomic E-state index is -4.38. The van der Waals surface area contributed by atoms with E-state index >= 15 is 0 Å². The highest BCUT2D eigenvalue weighted by Gasteiger charge is 2.29. The van der Waals surface area contributed by atoms with Crippen molar-refractivity contribution in [3.8, 4) is 17.0 Å². The molecule has 2 aromatic rings. The Morgan fingerprint density at radius 1 is 1.27 bits per heavy atom. The van der Waals surface area contributed by atoms with Crippen molar-refractivity contribution in [3.05, 3.63) is 45.6 Å². The van der Waals surface area contributed by atoms with E-state index in [9.17, 15) is 18.0 Å². The average Bonchev–Trinajstić information content (AvgIpc) is 2.73. The van der Waals surface area contributed by atoms with Crippen molar-refractivity contribution in [3.63, 3.8) is 0 Å². The summed E-state index contributed by atoms with van der Waals surface area (Å²) >= 11 is 0. The van der Waals surface area contributed by atoms with Gasteiger partial charge in [0, 0.05) is 36.9 Å². The molecule has 0 spiro atoms. The van der Waals surface area contributed by atoms with Crippen LogP contribution in [0.3, 0.4) is 0 Å². The minimum Gasteiger partial charge on any atom is -0.484 e. The molecule has 1 atom stereocenters. The number of halogens is 3. The maximum Gasteiger partial charge on any atom is 0.422 e. The van der Waals surface area contributed by atoms with Crippen LogP contribution in [0.15, 0.2) is 29.1 Å². The molecule has 1 aromatic carbocycles. The van der Waals surface area contributed by atoms with Gasteiger partial charge < -0.3 is 19.4 Å². The van der Waals surface area contributed by atoms with E-state index in [1.54, 1.807) is 25.1 Å².